The summed E-state index contributed by atoms with van der Waals surface area (Å²) in [5.41, 5.74) is -0.287. The van der Waals surface area contributed by atoms with E-state index in [9.17, 15) is 0 Å². The molecule has 0 bridgehead atoms. The minimum Gasteiger partial charge on any atom is -0.448 e. The molecule has 1 N–H and O–H groups in total. The molecular formula is C16H26ClNO2. The first kappa shape index (κ1) is 15.9. The van der Waals surface area contributed by atoms with Crippen LogP contribution < -0.4 is 5.32 Å². The summed E-state index contributed by atoms with van der Waals surface area (Å²) in [4.78, 5) is 0. The summed E-state index contributed by atoms with van der Waals surface area (Å²) in [5.74, 6) is 1.26. The average Bonchev–Trinajstić information content (AvgIpc) is 2.81. The highest BCUT2D eigenvalue weighted by atomic mass is 35.5. The van der Waals surface area contributed by atoms with Crippen LogP contribution in [0.15, 0.2) is 16.5 Å². The third-order valence-corrected chi connectivity index (χ3v) is 4.26. The lowest BCUT2D eigenvalue weighted by Gasteiger charge is -2.32. The van der Waals surface area contributed by atoms with E-state index >= 15 is 0 Å². The Morgan fingerprint density at radius 3 is 2.50 bits per heavy atom. The van der Waals surface area contributed by atoms with Crippen molar-refractivity contribution in [3.63, 3.8) is 0 Å². The van der Waals surface area contributed by atoms with Crippen LogP contribution >= 0.6 is 11.6 Å². The predicted molar refractivity (Wildman–Crippen MR) is 82.1 cm³/mol. The second-order valence-electron chi connectivity index (χ2n) is 6.85. The molecule has 0 saturated carbocycles. The highest BCUT2D eigenvalue weighted by Crippen LogP contribution is 2.48. The van der Waals surface area contributed by atoms with Crippen molar-refractivity contribution in [1.82, 2.24) is 5.32 Å². The quantitative estimate of drug-likeness (QED) is 0.865. The number of nitrogens with one attached hydrogen (secondary N) is 1. The van der Waals surface area contributed by atoms with Gasteiger partial charge in [-0.25, -0.2) is 0 Å². The smallest absolute Gasteiger partial charge is 0.193 e. The molecule has 0 spiro atoms. The van der Waals surface area contributed by atoms with Crippen molar-refractivity contribution < 1.29 is 9.15 Å². The van der Waals surface area contributed by atoms with E-state index in [1.165, 1.54) is 0 Å². The van der Waals surface area contributed by atoms with Crippen molar-refractivity contribution >= 4 is 11.6 Å². The van der Waals surface area contributed by atoms with Gasteiger partial charge in [0.2, 0.25) is 0 Å². The molecule has 1 aromatic rings. The minimum atomic E-state index is -0.186. The van der Waals surface area contributed by atoms with E-state index < -0.39 is 0 Å². The van der Waals surface area contributed by atoms with Crippen molar-refractivity contribution in [3.05, 3.63) is 23.1 Å². The van der Waals surface area contributed by atoms with Gasteiger partial charge < -0.3 is 14.5 Å². The van der Waals surface area contributed by atoms with E-state index in [-0.39, 0.29) is 17.2 Å². The largest absolute Gasteiger partial charge is 0.448 e. The van der Waals surface area contributed by atoms with Gasteiger partial charge in [0.25, 0.3) is 0 Å². The second-order valence-corrected chi connectivity index (χ2v) is 7.22. The minimum absolute atomic E-state index is 0.100. The van der Waals surface area contributed by atoms with Gasteiger partial charge in [0.15, 0.2) is 5.22 Å². The zero-order chi connectivity index (χ0) is 15.0. The molecular weight excluding hydrogens is 274 g/mol. The molecule has 2 atom stereocenters. The second kappa shape index (κ2) is 5.70. The topological polar surface area (TPSA) is 34.4 Å². The molecule has 2 rings (SSSR count). The van der Waals surface area contributed by atoms with Crippen LogP contribution in [0.2, 0.25) is 5.22 Å². The van der Waals surface area contributed by atoms with E-state index in [1.54, 1.807) is 0 Å². The fourth-order valence-corrected chi connectivity index (χ4v) is 3.51. The van der Waals surface area contributed by atoms with Gasteiger partial charge in [0, 0.05) is 5.92 Å². The van der Waals surface area contributed by atoms with Gasteiger partial charge in [-0.3, -0.25) is 0 Å². The summed E-state index contributed by atoms with van der Waals surface area (Å²) in [5, 5.41) is 4.05. The Labute approximate surface area is 127 Å². The number of furan rings is 1. The Kier molecular flexibility index (Phi) is 4.53. The third kappa shape index (κ3) is 3.38. The first-order valence-corrected chi connectivity index (χ1v) is 7.82. The highest BCUT2D eigenvalue weighted by Gasteiger charge is 2.49. The molecule has 2 unspecified atom stereocenters. The monoisotopic (exact) mass is 299 g/mol. The standard InChI is InChI=1S/C16H26ClNO2/c1-6-9-18-14(12-7-8-13(17)19-12)11-10-15(2,3)20-16(11,4)5/h7-8,11,14,18H,6,9-10H2,1-5H3. The van der Waals surface area contributed by atoms with Crippen molar-refractivity contribution in [2.75, 3.05) is 6.54 Å². The maximum Gasteiger partial charge on any atom is 0.193 e. The van der Waals surface area contributed by atoms with Crippen LogP contribution in [0, 0.1) is 5.92 Å². The van der Waals surface area contributed by atoms with Crippen molar-refractivity contribution in [2.45, 2.75) is 64.7 Å². The molecule has 1 aliphatic rings. The molecule has 1 aliphatic heterocycles. The highest BCUT2D eigenvalue weighted by molar-refractivity contribution is 6.28. The molecule has 1 saturated heterocycles. The molecule has 114 valence electrons. The van der Waals surface area contributed by atoms with Crippen LogP contribution in [0.1, 0.15) is 59.3 Å². The fraction of sp³-hybridized carbons (Fsp3) is 0.750. The lowest BCUT2D eigenvalue weighted by atomic mass is 9.80. The van der Waals surface area contributed by atoms with Gasteiger partial charge in [-0.2, -0.15) is 0 Å². The normalized spacial score (nSPS) is 25.8. The number of hydrogen-bond acceptors (Lipinski definition) is 3. The zero-order valence-electron chi connectivity index (χ0n) is 13.1. The van der Waals surface area contributed by atoms with Crippen LogP contribution in [0.4, 0.5) is 0 Å². The van der Waals surface area contributed by atoms with E-state index in [4.69, 9.17) is 20.8 Å². The maximum atomic E-state index is 6.22. The lowest BCUT2D eigenvalue weighted by Crippen LogP contribution is -2.38. The molecule has 1 fully saturated rings. The Morgan fingerprint density at radius 2 is 2.05 bits per heavy atom. The van der Waals surface area contributed by atoms with Crippen molar-refractivity contribution in [1.29, 1.82) is 0 Å². The maximum absolute atomic E-state index is 6.22. The predicted octanol–water partition coefficient (Wildman–Crippen LogP) is 4.57. The average molecular weight is 300 g/mol. The summed E-state index contributed by atoms with van der Waals surface area (Å²) in [6.45, 7) is 11.8. The molecule has 0 aliphatic carbocycles. The number of halogens is 1. The molecule has 20 heavy (non-hydrogen) atoms. The van der Waals surface area contributed by atoms with Gasteiger partial charge >= 0.3 is 0 Å². The molecule has 3 nitrogen and oxygen atoms in total. The van der Waals surface area contributed by atoms with Crippen LogP contribution in [-0.4, -0.2) is 17.7 Å². The van der Waals surface area contributed by atoms with Crippen molar-refractivity contribution in [2.24, 2.45) is 5.92 Å². The Hall–Kier alpha value is -0.510. The Balaban J connectivity index is 2.27. The van der Waals surface area contributed by atoms with Gasteiger partial charge in [-0.1, -0.05) is 6.92 Å². The van der Waals surface area contributed by atoms with Crippen LogP contribution in [0.3, 0.4) is 0 Å². The Morgan fingerprint density at radius 1 is 1.35 bits per heavy atom. The molecule has 4 heteroatoms. The fourth-order valence-electron chi connectivity index (χ4n) is 3.36. The van der Waals surface area contributed by atoms with E-state index in [1.807, 2.05) is 12.1 Å². The van der Waals surface area contributed by atoms with E-state index in [0.29, 0.717) is 11.1 Å². The summed E-state index contributed by atoms with van der Waals surface area (Å²) >= 11 is 5.95. The third-order valence-electron chi connectivity index (χ3n) is 4.06. The summed E-state index contributed by atoms with van der Waals surface area (Å²) in [6, 6.07) is 3.92. The summed E-state index contributed by atoms with van der Waals surface area (Å²) < 4.78 is 11.9. The molecule has 1 aromatic heterocycles. The van der Waals surface area contributed by atoms with Crippen LogP contribution in [-0.2, 0) is 4.74 Å². The van der Waals surface area contributed by atoms with Gasteiger partial charge in [0.05, 0.1) is 17.2 Å². The van der Waals surface area contributed by atoms with E-state index in [0.717, 1.165) is 25.1 Å². The molecule has 0 aromatic carbocycles. The van der Waals surface area contributed by atoms with Crippen molar-refractivity contribution in [3.8, 4) is 0 Å². The molecule has 2 heterocycles. The van der Waals surface area contributed by atoms with Crippen LogP contribution in [0.25, 0.3) is 0 Å². The molecule has 0 radical (unpaired) electrons. The lowest BCUT2D eigenvalue weighted by molar-refractivity contribution is -0.0784. The first-order valence-electron chi connectivity index (χ1n) is 7.44. The Bertz CT molecular complexity index is 453. The van der Waals surface area contributed by atoms with Gasteiger partial charge in [-0.15, -0.1) is 0 Å². The first-order chi connectivity index (χ1) is 9.25. The number of ether oxygens (including phenoxy) is 1. The number of rotatable bonds is 5. The van der Waals surface area contributed by atoms with Crippen LogP contribution in [0.5, 0.6) is 0 Å². The molecule has 0 amide bonds. The van der Waals surface area contributed by atoms with E-state index in [2.05, 4.69) is 39.9 Å². The SMILES string of the molecule is CCCNC(c1ccc(Cl)o1)C1CC(C)(C)OC1(C)C. The zero-order valence-corrected chi connectivity index (χ0v) is 13.9. The number of hydrogen-bond donors (Lipinski definition) is 1. The van der Waals surface area contributed by atoms with Gasteiger partial charge in [-0.05, 0) is 70.8 Å². The summed E-state index contributed by atoms with van der Waals surface area (Å²) in [6.07, 6.45) is 2.09. The summed E-state index contributed by atoms with van der Waals surface area (Å²) in [7, 11) is 0. The van der Waals surface area contributed by atoms with Gasteiger partial charge in [0.1, 0.15) is 5.76 Å².